The molecule has 0 bridgehead atoms. The molecule has 0 saturated heterocycles. The van der Waals surface area contributed by atoms with Gasteiger partial charge in [-0.1, -0.05) is 47.2 Å². The second-order valence-electron chi connectivity index (χ2n) is 8.27. The number of aryl methyl sites for hydroxylation is 1. The number of allylic oxidation sites excluding steroid dienone is 1. The van der Waals surface area contributed by atoms with Crippen molar-refractivity contribution in [1.29, 1.82) is 0 Å². The van der Waals surface area contributed by atoms with Crippen LogP contribution in [0, 0.1) is 17.0 Å². The van der Waals surface area contributed by atoms with Crippen molar-refractivity contribution in [2.45, 2.75) is 31.7 Å². The lowest BCUT2D eigenvalue weighted by molar-refractivity contribution is -0.387. The monoisotopic (exact) mass is 539 g/mol. The first-order valence-electron chi connectivity index (χ1n) is 11.5. The summed E-state index contributed by atoms with van der Waals surface area (Å²) in [5.74, 6) is -0.199. The Kier molecular flexibility index (Phi) is 8.06. The van der Waals surface area contributed by atoms with Crippen molar-refractivity contribution in [3.05, 3.63) is 100 Å². The maximum absolute atomic E-state index is 13.7. The summed E-state index contributed by atoms with van der Waals surface area (Å²) in [6, 6.07) is 11.6. The van der Waals surface area contributed by atoms with Gasteiger partial charge in [-0.3, -0.25) is 19.5 Å². The van der Waals surface area contributed by atoms with E-state index in [1.54, 1.807) is 32.1 Å². The number of esters is 1. The fourth-order valence-corrected chi connectivity index (χ4v) is 5.85. The molecule has 3 aromatic rings. The first-order valence-corrected chi connectivity index (χ1v) is 13.3. The number of thiazole rings is 1. The van der Waals surface area contributed by atoms with E-state index in [2.05, 4.69) is 4.99 Å². The number of nitro groups is 1. The lowest BCUT2D eigenvalue weighted by atomic mass is 9.95. The Morgan fingerprint density at radius 3 is 2.65 bits per heavy atom. The number of hydrogen-bond acceptors (Lipinski definition) is 9. The van der Waals surface area contributed by atoms with Gasteiger partial charge in [0.15, 0.2) is 4.80 Å². The van der Waals surface area contributed by atoms with E-state index in [1.807, 2.05) is 31.2 Å². The smallest absolute Gasteiger partial charge is 0.338 e. The van der Waals surface area contributed by atoms with Crippen molar-refractivity contribution in [3.63, 3.8) is 0 Å². The quantitative estimate of drug-likeness (QED) is 0.202. The Hall–Kier alpha value is -3.54. The fourth-order valence-electron chi connectivity index (χ4n) is 4.05. The van der Waals surface area contributed by atoms with Crippen LogP contribution in [-0.2, 0) is 9.53 Å². The number of nitro benzene ring substituents is 1. The number of carbonyl (C=O) groups excluding carboxylic acids is 1. The van der Waals surface area contributed by atoms with E-state index in [0.29, 0.717) is 36.8 Å². The molecule has 0 saturated carbocycles. The van der Waals surface area contributed by atoms with Crippen molar-refractivity contribution in [2.24, 2.45) is 4.99 Å². The first-order chi connectivity index (χ1) is 17.7. The third-order valence-electron chi connectivity index (χ3n) is 5.74. The van der Waals surface area contributed by atoms with Crippen molar-refractivity contribution in [2.75, 3.05) is 19.0 Å². The molecule has 2 heterocycles. The van der Waals surface area contributed by atoms with E-state index >= 15 is 0 Å². The van der Waals surface area contributed by atoms with Gasteiger partial charge in [0.2, 0.25) is 0 Å². The van der Waals surface area contributed by atoms with Crippen LogP contribution in [0.25, 0.3) is 6.08 Å². The van der Waals surface area contributed by atoms with Crippen molar-refractivity contribution < 1.29 is 19.6 Å². The lowest BCUT2D eigenvalue weighted by Gasteiger charge is -2.24. The van der Waals surface area contributed by atoms with Gasteiger partial charge >= 0.3 is 5.97 Å². The van der Waals surface area contributed by atoms with Crippen LogP contribution in [0.2, 0.25) is 0 Å². The van der Waals surface area contributed by atoms with Gasteiger partial charge in [-0.05, 0) is 44.0 Å². The number of hydrogen-bond donors (Lipinski definition) is 1. The zero-order valence-corrected chi connectivity index (χ0v) is 22.1. The average Bonchev–Trinajstić information content (AvgIpc) is 3.17. The second-order valence-corrected chi connectivity index (χ2v) is 10.4. The molecule has 11 heteroatoms. The highest BCUT2D eigenvalue weighted by Gasteiger charge is 2.33. The molecule has 9 nitrogen and oxygen atoms in total. The molecule has 0 unspecified atom stereocenters. The zero-order valence-electron chi connectivity index (χ0n) is 20.5. The van der Waals surface area contributed by atoms with Crippen LogP contribution in [0.15, 0.2) is 68.4 Å². The number of aliphatic hydroxyl groups is 1. The molecule has 1 aliphatic heterocycles. The third-order valence-corrected chi connectivity index (χ3v) is 7.76. The summed E-state index contributed by atoms with van der Waals surface area (Å²) in [6.07, 6.45) is 1.59. The Labute approximate surface area is 220 Å². The number of aliphatic hydroxyl groups excluding tert-OH is 1. The molecule has 0 aliphatic carbocycles. The summed E-state index contributed by atoms with van der Waals surface area (Å²) in [4.78, 5) is 43.2. The van der Waals surface area contributed by atoms with Crippen LogP contribution >= 0.6 is 23.1 Å². The second kappa shape index (κ2) is 11.2. The number of benzene rings is 2. The maximum Gasteiger partial charge on any atom is 0.338 e. The molecular weight excluding hydrogens is 514 g/mol. The fraction of sp³-hybridized carbons (Fsp3) is 0.269. The normalized spacial score (nSPS) is 15.4. The van der Waals surface area contributed by atoms with E-state index in [4.69, 9.17) is 9.84 Å². The predicted octanol–water partition coefficient (Wildman–Crippen LogP) is 3.10. The standard InChI is InChI=1S/C26H25N3O6S2/c1-4-35-25(32)22-16(3)27-26-28(23(22)18-8-5-15(2)6-9-18)24(31)21(37-26)14-17-7-10-20(36-12-11-30)19(13-17)29(33)34/h5-10,13-14,23,30H,4,11-12H2,1-3H3/b21-14+/t23-/m1/s1. The molecule has 192 valence electrons. The number of rotatable bonds is 8. The summed E-state index contributed by atoms with van der Waals surface area (Å²) >= 11 is 2.34. The van der Waals surface area contributed by atoms with Gasteiger partial charge in [-0.2, -0.15) is 0 Å². The summed E-state index contributed by atoms with van der Waals surface area (Å²) < 4.78 is 7.12. The first kappa shape index (κ1) is 26.5. The average molecular weight is 540 g/mol. The largest absolute Gasteiger partial charge is 0.463 e. The van der Waals surface area contributed by atoms with Gasteiger partial charge in [-0.15, -0.1) is 11.8 Å². The van der Waals surface area contributed by atoms with Crippen molar-refractivity contribution in [3.8, 4) is 0 Å². The molecule has 0 fully saturated rings. The van der Waals surface area contributed by atoms with E-state index in [9.17, 15) is 19.7 Å². The Balaban J connectivity index is 1.88. The van der Waals surface area contributed by atoms with E-state index < -0.39 is 16.9 Å². The summed E-state index contributed by atoms with van der Waals surface area (Å²) in [6.45, 7) is 5.48. The minimum atomic E-state index is -0.718. The minimum absolute atomic E-state index is 0.0971. The molecule has 1 aromatic heterocycles. The number of thioether (sulfide) groups is 1. The van der Waals surface area contributed by atoms with Crippen molar-refractivity contribution >= 4 is 40.8 Å². The third kappa shape index (κ3) is 5.43. The van der Waals surface area contributed by atoms with Crippen LogP contribution in [0.5, 0.6) is 0 Å². The SMILES string of the molecule is CCOC(=O)C1=C(C)N=c2s/c(=C/c3ccc(SCCO)c([N+](=O)[O-])c3)c(=O)n2[C@@H]1c1ccc(C)cc1. The molecule has 1 aliphatic rings. The van der Waals surface area contributed by atoms with Crippen molar-refractivity contribution in [1.82, 2.24) is 4.57 Å². The number of carbonyl (C=O) groups is 1. The van der Waals surface area contributed by atoms with E-state index in [-0.39, 0.29) is 24.5 Å². The highest BCUT2D eigenvalue weighted by molar-refractivity contribution is 7.99. The molecule has 37 heavy (non-hydrogen) atoms. The Morgan fingerprint density at radius 1 is 1.27 bits per heavy atom. The molecular formula is C26H25N3O6S2. The van der Waals surface area contributed by atoms with Crippen LogP contribution in [0.3, 0.4) is 0 Å². The van der Waals surface area contributed by atoms with E-state index in [1.165, 1.54) is 22.4 Å². The number of fused-ring (bicyclic) bond motifs is 1. The molecule has 0 spiro atoms. The highest BCUT2D eigenvalue weighted by Crippen LogP contribution is 2.32. The zero-order chi connectivity index (χ0) is 26.7. The molecule has 0 radical (unpaired) electrons. The molecule has 0 amide bonds. The van der Waals surface area contributed by atoms with Gasteiger partial charge in [0, 0.05) is 11.8 Å². The van der Waals surface area contributed by atoms with Gasteiger partial charge in [0.25, 0.3) is 11.2 Å². The van der Waals surface area contributed by atoms with Crippen LogP contribution in [-0.4, -0.2) is 39.5 Å². The van der Waals surface area contributed by atoms with Crippen LogP contribution in [0.4, 0.5) is 5.69 Å². The topological polar surface area (TPSA) is 124 Å². The lowest BCUT2D eigenvalue weighted by Crippen LogP contribution is -2.39. The Morgan fingerprint density at radius 2 is 2.00 bits per heavy atom. The highest BCUT2D eigenvalue weighted by atomic mass is 32.2. The minimum Gasteiger partial charge on any atom is -0.463 e. The van der Waals surface area contributed by atoms with Gasteiger partial charge < -0.3 is 9.84 Å². The summed E-state index contributed by atoms with van der Waals surface area (Å²) in [5, 5.41) is 20.7. The van der Waals surface area contributed by atoms with Crippen LogP contribution < -0.4 is 14.9 Å². The van der Waals surface area contributed by atoms with Gasteiger partial charge in [-0.25, -0.2) is 9.79 Å². The molecule has 4 rings (SSSR count). The van der Waals surface area contributed by atoms with Crippen LogP contribution in [0.1, 0.15) is 36.6 Å². The summed E-state index contributed by atoms with van der Waals surface area (Å²) in [5.41, 5.74) is 2.58. The summed E-state index contributed by atoms with van der Waals surface area (Å²) in [7, 11) is 0. The van der Waals surface area contributed by atoms with Gasteiger partial charge in [0.05, 0.1) is 44.9 Å². The number of nitrogens with zero attached hydrogens (tertiary/aromatic N) is 3. The molecule has 2 aromatic carbocycles. The van der Waals surface area contributed by atoms with E-state index in [0.717, 1.165) is 22.5 Å². The molecule has 1 N–H and O–H groups in total. The Bertz CT molecular complexity index is 1570. The number of ether oxygens (including phenoxy) is 1. The molecule has 1 atom stereocenters. The van der Waals surface area contributed by atoms with Gasteiger partial charge in [0.1, 0.15) is 0 Å². The maximum atomic E-state index is 13.7. The predicted molar refractivity (Wildman–Crippen MR) is 142 cm³/mol. The number of aromatic nitrogens is 1.